The lowest BCUT2D eigenvalue weighted by atomic mass is 9.98. The molecule has 0 bridgehead atoms. The summed E-state index contributed by atoms with van der Waals surface area (Å²) in [7, 11) is 1.75. The summed E-state index contributed by atoms with van der Waals surface area (Å²) in [6, 6.07) is 6.88. The third-order valence-corrected chi connectivity index (χ3v) is 3.49. The van der Waals surface area contributed by atoms with E-state index in [-0.39, 0.29) is 5.91 Å². The Morgan fingerprint density at radius 2 is 1.85 bits per heavy atom. The van der Waals surface area contributed by atoms with Crippen molar-refractivity contribution in [2.75, 3.05) is 11.9 Å². The number of benzene rings is 1. The average molecular weight is 271 g/mol. The number of carbonyl (C=O) groups excluding carboxylic acids is 1. The van der Waals surface area contributed by atoms with E-state index in [2.05, 4.69) is 9.97 Å². The molecule has 2 aromatic rings. The van der Waals surface area contributed by atoms with Gasteiger partial charge in [0.15, 0.2) is 0 Å². The fourth-order valence-electron chi connectivity index (χ4n) is 2.45. The van der Waals surface area contributed by atoms with Crippen molar-refractivity contribution in [3.63, 3.8) is 0 Å². The van der Waals surface area contributed by atoms with Gasteiger partial charge in [-0.25, -0.2) is 4.79 Å². The normalized spacial score (nSPS) is 14.2. The fourth-order valence-corrected chi connectivity index (χ4v) is 2.45. The molecule has 1 aliphatic heterocycles. The van der Waals surface area contributed by atoms with Crippen LogP contribution in [0, 0.1) is 0 Å². The Morgan fingerprint density at radius 1 is 1.05 bits per heavy atom. The topological polar surface area (TPSA) is 86.0 Å². The van der Waals surface area contributed by atoms with Crippen LogP contribution in [0.1, 0.15) is 12.0 Å². The molecule has 0 saturated heterocycles. The number of hydrogen-bond donors (Lipinski definition) is 2. The van der Waals surface area contributed by atoms with Gasteiger partial charge in [0.05, 0.1) is 5.69 Å². The van der Waals surface area contributed by atoms with Crippen molar-refractivity contribution in [1.29, 1.82) is 0 Å². The second kappa shape index (κ2) is 4.48. The van der Waals surface area contributed by atoms with E-state index in [9.17, 15) is 14.4 Å². The highest BCUT2D eigenvalue weighted by Gasteiger charge is 2.21. The van der Waals surface area contributed by atoms with E-state index >= 15 is 0 Å². The molecule has 102 valence electrons. The molecule has 0 aliphatic carbocycles. The van der Waals surface area contributed by atoms with Gasteiger partial charge >= 0.3 is 5.69 Å². The van der Waals surface area contributed by atoms with Crippen molar-refractivity contribution < 1.29 is 4.79 Å². The number of carbonyl (C=O) groups is 1. The first-order chi connectivity index (χ1) is 9.54. The van der Waals surface area contributed by atoms with Crippen LogP contribution >= 0.6 is 0 Å². The Morgan fingerprint density at radius 3 is 2.60 bits per heavy atom. The van der Waals surface area contributed by atoms with Gasteiger partial charge in [-0.2, -0.15) is 0 Å². The van der Waals surface area contributed by atoms with Gasteiger partial charge in [0, 0.05) is 25.2 Å². The molecule has 1 amide bonds. The van der Waals surface area contributed by atoms with E-state index < -0.39 is 11.2 Å². The highest BCUT2D eigenvalue weighted by Crippen LogP contribution is 2.30. The van der Waals surface area contributed by atoms with Crippen molar-refractivity contribution in [3.8, 4) is 11.3 Å². The average Bonchev–Trinajstić information content (AvgIpc) is 2.41. The molecule has 0 fully saturated rings. The minimum Gasteiger partial charge on any atom is -0.315 e. The zero-order chi connectivity index (χ0) is 14.3. The number of nitrogens with zero attached hydrogens (tertiary/aromatic N) is 1. The molecule has 2 N–H and O–H groups in total. The van der Waals surface area contributed by atoms with Crippen molar-refractivity contribution >= 4 is 11.6 Å². The quantitative estimate of drug-likeness (QED) is 0.798. The third kappa shape index (κ3) is 2.05. The van der Waals surface area contributed by atoms with Crippen molar-refractivity contribution in [2.24, 2.45) is 0 Å². The Hall–Kier alpha value is -2.63. The summed E-state index contributed by atoms with van der Waals surface area (Å²) in [5, 5.41) is 0. The lowest BCUT2D eigenvalue weighted by Crippen LogP contribution is -2.31. The summed E-state index contributed by atoms with van der Waals surface area (Å²) in [6.45, 7) is 0. The first-order valence-corrected chi connectivity index (χ1v) is 6.28. The number of fused-ring (bicyclic) bond motifs is 1. The smallest absolute Gasteiger partial charge is 0.315 e. The molecule has 6 heteroatoms. The highest BCUT2D eigenvalue weighted by atomic mass is 16.2. The Kier molecular flexibility index (Phi) is 2.78. The van der Waals surface area contributed by atoms with Crippen LogP contribution in [0.3, 0.4) is 0 Å². The monoisotopic (exact) mass is 271 g/mol. The number of amides is 1. The number of nitrogens with one attached hydrogen (secondary N) is 2. The summed E-state index contributed by atoms with van der Waals surface area (Å²) in [6.07, 6.45) is 1.14. The molecule has 2 heterocycles. The summed E-state index contributed by atoms with van der Waals surface area (Å²) in [5.74, 6) is 0.0924. The first-order valence-electron chi connectivity index (χ1n) is 6.28. The molecule has 0 unspecified atom stereocenters. The largest absolute Gasteiger partial charge is 0.326 e. The number of hydrogen-bond acceptors (Lipinski definition) is 3. The zero-order valence-corrected chi connectivity index (χ0v) is 10.9. The zero-order valence-electron chi connectivity index (χ0n) is 10.9. The molecule has 0 atom stereocenters. The minimum absolute atomic E-state index is 0.0924. The number of rotatable bonds is 1. The number of aromatic amines is 2. The van der Waals surface area contributed by atoms with Gasteiger partial charge in [-0.15, -0.1) is 0 Å². The lowest BCUT2D eigenvalue weighted by molar-refractivity contribution is -0.118. The predicted molar refractivity (Wildman–Crippen MR) is 74.9 cm³/mol. The maximum atomic E-state index is 11.6. The van der Waals surface area contributed by atoms with Crippen LogP contribution in [-0.4, -0.2) is 22.9 Å². The summed E-state index contributed by atoms with van der Waals surface area (Å²) in [4.78, 5) is 40.6. The van der Waals surface area contributed by atoms with Crippen LogP contribution in [-0.2, 0) is 11.2 Å². The number of aryl methyl sites for hydroxylation is 1. The number of aromatic nitrogens is 2. The van der Waals surface area contributed by atoms with Crippen LogP contribution in [0.4, 0.5) is 5.69 Å². The molecule has 1 aromatic carbocycles. The molecule has 6 nitrogen and oxygen atoms in total. The first kappa shape index (κ1) is 12.4. The Bertz CT molecular complexity index is 776. The van der Waals surface area contributed by atoms with Crippen LogP contribution in [0.25, 0.3) is 11.3 Å². The molecule has 0 spiro atoms. The van der Waals surface area contributed by atoms with Gasteiger partial charge in [-0.1, -0.05) is 6.07 Å². The van der Waals surface area contributed by atoms with Crippen molar-refractivity contribution in [2.45, 2.75) is 12.8 Å². The SMILES string of the molecule is CN1C(=O)CCc2cc(-c3cc(=O)[nH]c(=O)[nH]3)ccc21. The van der Waals surface area contributed by atoms with E-state index in [0.29, 0.717) is 18.5 Å². The molecular formula is C14H13N3O3. The van der Waals surface area contributed by atoms with E-state index in [1.807, 2.05) is 12.1 Å². The maximum absolute atomic E-state index is 11.6. The lowest BCUT2D eigenvalue weighted by Gasteiger charge is -2.26. The van der Waals surface area contributed by atoms with E-state index in [1.54, 1.807) is 18.0 Å². The summed E-state index contributed by atoms with van der Waals surface area (Å²) >= 11 is 0. The van der Waals surface area contributed by atoms with E-state index in [4.69, 9.17) is 0 Å². The van der Waals surface area contributed by atoms with E-state index in [1.165, 1.54) is 6.07 Å². The molecule has 3 rings (SSSR count). The Balaban J connectivity index is 2.11. The molecule has 1 aliphatic rings. The molecule has 0 saturated carbocycles. The fraction of sp³-hybridized carbons (Fsp3) is 0.214. The van der Waals surface area contributed by atoms with Crippen LogP contribution in [0.5, 0.6) is 0 Å². The van der Waals surface area contributed by atoms with Crippen molar-refractivity contribution in [3.05, 3.63) is 50.7 Å². The standard InChI is InChI=1S/C14H13N3O3/c1-17-11-4-2-8(6-9(11)3-5-13(17)19)10-7-12(18)16-14(20)15-10/h2,4,6-7H,3,5H2,1H3,(H2,15,16,18,20). The predicted octanol–water partition coefficient (Wildman–Crippen LogP) is 0.639. The third-order valence-electron chi connectivity index (χ3n) is 3.49. The second-order valence-electron chi connectivity index (χ2n) is 4.80. The Labute approximate surface area is 114 Å². The van der Waals surface area contributed by atoms with Gasteiger partial charge in [-0.3, -0.25) is 14.6 Å². The van der Waals surface area contributed by atoms with Crippen LogP contribution in [0.15, 0.2) is 33.9 Å². The van der Waals surface area contributed by atoms with Gasteiger partial charge in [-0.05, 0) is 29.7 Å². The summed E-state index contributed by atoms with van der Waals surface area (Å²) < 4.78 is 0. The molecule has 20 heavy (non-hydrogen) atoms. The molecule has 1 aromatic heterocycles. The number of anilines is 1. The summed E-state index contributed by atoms with van der Waals surface area (Å²) in [5.41, 5.74) is 2.17. The molecule has 0 radical (unpaired) electrons. The van der Waals surface area contributed by atoms with E-state index in [0.717, 1.165) is 16.8 Å². The highest BCUT2D eigenvalue weighted by molar-refractivity contribution is 5.96. The minimum atomic E-state index is -0.530. The molecular weight excluding hydrogens is 258 g/mol. The van der Waals surface area contributed by atoms with Crippen LogP contribution < -0.4 is 16.1 Å². The number of H-pyrrole nitrogens is 2. The second-order valence-corrected chi connectivity index (χ2v) is 4.80. The maximum Gasteiger partial charge on any atom is 0.326 e. The van der Waals surface area contributed by atoms with Crippen molar-refractivity contribution in [1.82, 2.24) is 9.97 Å². The van der Waals surface area contributed by atoms with Gasteiger partial charge in [0.1, 0.15) is 0 Å². The van der Waals surface area contributed by atoms with Gasteiger partial charge in [0.2, 0.25) is 5.91 Å². The van der Waals surface area contributed by atoms with Gasteiger partial charge in [0.25, 0.3) is 5.56 Å². The van der Waals surface area contributed by atoms with Crippen LogP contribution in [0.2, 0.25) is 0 Å². The van der Waals surface area contributed by atoms with Gasteiger partial charge < -0.3 is 9.88 Å².